The second kappa shape index (κ2) is 9.95. The normalized spacial score (nSPS) is 37.2. The average Bonchev–Trinajstić information content (AvgIpc) is 3.45. The van der Waals surface area contributed by atoms with Crippen LogP contribution in [0.5, 0.6) is 0 Å². The zero-order chi connectivity index (χ0) is 24.6. The van der Waals surface area contributed by atoms with E-state index in [0.717, 1.165) is 51.4 Å². The van der Waals surface area contributed by atoms with E-state index in [2.05, 4.69) is 5.32 Å². The Labute approximate surface area is 205 Å². The van der Waals surface area contributed by atoms with E-state index in [9.17, 15) is 14.4 Å². The smallest absolute Gasteiger partial charge is 0.339 e. The summed E-state index contributed by atoms with van der Waals surface area (Å²) < 4.78 is 36.1. The topological polar surface area (TPSA) is 119 Å². The molecule has 2 spiro atoms. The molecule has 2 aliphatic heterocycles. The predicted molar refractivity (Wildman–Crippen MR) is 120 cm³/mol. The molecular formula is C25H37NO9. The number of carbonyl (C=O) groups excluding carboxylic acids is 3. The average molecular weight is 496 g/mol. The van der Waals surface area contributed by atoms with Crippen molar-refractivity contribution in [1.82, 2.24) is 5.32 Å². The highest BCUT2D eigenvalue weighted by Crippen LogP contribution is 2.47. The number of hydrogen-bond acceptors (Lipinski definition) is 9. The summed E-state index contributed by atoms with van der Waals surface area (Å²) in [5.74, 6) is -3.20. The van der Waals surface area contributed by atoms with Crippen LogP contribution in [0.3, 0.4) is 0 Å². The van der Waals surface area contributed by atoms with Gasteiger partial charge in [0, 0.05) is 39.0 Å². The maximum Gasteiger partial charge on any atom is 0.339 e. The SMILES string of the molecule is CCOC(=O)[C@@H]1OC2(CCCCC2)O[C@H]1C(=O)O[C@@H]1[C@H]2OC3(CCCCC3)O[C@H]2C[C@H]1NC(C)=O. The van der Waals surface area contributed by atoms with E-state index in [1.807, 2.05) is 0 Å². The molecule has 2 saturated heterocycles. The first-order chi connectivity index (χ1) is 16.8. The first-order valence-corrected chi connectivity index (χ1v) is 13.2. The maximum atomic E-state index is 13.5. The molecule has 10 heteroatoms. The van der Waals surface area contributed by atoms with Crippen molar-refractivity contribution in [1.29, 1.82) is 0 Å². The minimum atomic E-state index is -1.24. The molecule has 0 radical (unpaired) electrons. The van der Waals surface area contributed by atoms with Crippen molar-refractivity contribution in [2.45, 2.75) is 133 Å². The summed E-state index contributed by atoms with van der Waals surface area (Å²) in [5.41, 5.74) is 0. The first-order valence-electron chi connectivity index (χ1n) is 13.2. The molecule has 0 aromatic carbocycles. The molecule has 196 valence electrons. The highest BCUT2D eigenvalue weighted by molar-refractivity contribution is 5.86. The van der Waals surface area contributed by atoms with Gasteiger partial charge in [0.05, 0.1) is 18.8 Å². The molecule has 3 aliphatic carbocycles. The van der Waals surface area contributed by atoms with Crippen LogP contribution in [0, 0.1) is 0 Å². The van der Waals surface area contributed by atoms with Gasteiger partial charge < -0.3 is 33.7 Å². The molecule has 10 nitrogen and oxygen atoms in total. The van der Waals surface area contributed by atoms with Gasteiger partial charge >= 0.3 is 11.9 Å². The van der Waals surface area contributed by atoms with Crippen molar-refractivity contribution in [3.63, 3.8) is 0 Å². The zero-order valence-electron chi connectivity index (χ0n) is 20.6. The molecule has 1 N–H and O–H groups in total. The minimum absolute atomic E-state index is 0.164. The second-order valence-electron chi connectivity index (χ2n) is 10.5. The largest absolute Gasteiger partial charge is 0.464 e. The van der Waals surface area contributed by atoms with Gasteiger partial charge in [-0.1, -0.05) is 12.8 Å². The fourth-order valence-corrected chi connectivity index (χ4v) is 6.36. The lowest BCUT2D eigenvalue weighted by atomic mass is 9.94. The molecule has 35 heavy (non-hydrogen) atoms. The molecule has 0 aromatic rings. The number of fused-ring (bicyclic) bond motifs is 1. The fourth-order valence-electron chi connectivity index (χ4n) is 6.36. The van der Waals surface area contributed by atoms with Crippen LogP contribution in [0.2, 0.25) is 0 Å². The van der Waals surface area contributed by atoms with Crippen molar-refractivity contribution in [3.05, 3.63) is 0 Å². The monoisotopic (exact) mass is 495 g/mol. The standard InChI is InChI=1S/C25H37NO9/c1-3-30-22(28)20-21(35-25(34-20)12-8-5-9-13-25)23(29)31-18-16(26-15(2)27)14-17-19(18)33-24(32-17)10-6-4-7-11-24/h16-21H,3-14H2,1-2H3,(H,26,27)/t16-,17+,18+,19+,20-,21-/m1/s1. The molecule has 0 aromatic heterocycles. The van der Waals surface area contributed by atoms with E-state index >= 15 is 0 Å². The maximum absolute atomic E-state index is 13.5. The predicted octanol–water partition coefficient (Wildman–Crippen LogP) is 2.26. The summed E-state index contributed by atoms with van der Waals surface area (Å²) in [7, 11) is 0. The Morgan fingerprint density at radius 1 is 0.829 bits per heavy atom. The summed E-state index contributed by atoms with van der Waals surface area (Å²) in [6.07, 6.45) is 5.36. The third-order valence-corrected chi connectivity index (χ3v) is 7.87. The molecule has 0 bridgehead atoms. The van der Waals surface area contributed by atoms with Crippen molar-refractivity contribution in [2.24, 2.45) is 0 Å². The van der Waals surface area contributed by atoms with Crippen LogP contribution >= 0.6 is 0 Å². The summed E-state index contributed by atoms with van der Waals surface area (Å²) >= 11 is 0. The lowest BCUT2D eigenvalue weighted by molar-refractivity contribution is -0.216. The van der Waals surface area contributed by atoms with Crippen LogP contribution in [0.25, 0.3) is 0 Å². The van der Waals surface area contributed by atoms with E-state index in [0.29, 0.717) is 19.3 Å². The molecular weight excluding hydrogens is 458 g/mol. The van der Waals surface area contributed by atoms with Gasteiger partial charge in [0.1, 0.15) is 6.10 Å². The van der Waals surface area contributed by atoms with E-state index in [4.69, 9.17) is 28.4 Å². The number of nitrogens with one attached hydrogen (secondary N) is 1. The van der Waals surface area contributed by atoms with Gasteiger partial charge in [-0.25, -0.2) is 9.59 Å². The Morgan fingerprint density at radius 2 is 1.40 bits per heavy atom. The van der Waals surface area contributed by atoms with E-state index in [-0.39, 0.29) is 18.6 Å². The van der Waals surface area contributed by atoms with Gasteiger partial charge in [-0.15, -0.1) is 0 Å². The number of amides is 1. The molecule has 5 fully saturated rings. The molecule has 3 saturated carbocycles. The number of hydrogen-bond donors (Lipinski definition) is 1. The van der Waals surface area contributed by atoms with Crippen molar-refractivity contribution < 1.29 is 42.8 Å². The first kappa shape index (κ1) is 24.9. The summed E-state index contributed by atoms with van der Waals surface area (Å²) in [6, 6.07) is -0.459. The van der Waals surface area contributed by atoms with Crippen LogP contribution in [0.15, 0.2) is 0 Å². The molecule has 6 atom stereocenters. The summed E-state index contributed by atoms with van der Waals surface area (Å²) in [6.45, 7) is 3.29. The highest BCUT2D eigenvalue weighted by atomic mass is 16.8. The van der Waals surface area contributed by atoms with E-state index in [1.54, 1.807) is 6.92 Å². The quantitative estimate of drug-likeness (QED) is 0.573. The van der Waals surface area contributed by atoms with Gasteiger partial charge in [-0.2, -0.15) is 0 Å². The molecule has 5 rings (SSSR count). The van der Waals surface area contributed by atoms with Gasteiger partial charge in [0.15, 0.2) is 29.9 Å². The van der Waals surface area contributed by atoms with Gasteiger partial charge in [0.2, 0.25) is 5.91 Å². The van der Waals surface area contributed by atoms with Gasteiger partial charge in [0.25, 0.3) is 0 Å². The van der Waals surface area contributed by atoms with Crippen LogP contribution in [0.1, 0.15) is 84.5 Å². The number of esters is 2. The Kier molecular flexibility index (Phi) is 7.09. The number of ether oxygens (including phenoxy) is 6. The highest BCUT2D eigenvalue weighted by Gasteiger charge is 2.60. The zero-order valence-corrected chi connectivity index (χ0v) is 20.6. The molecule has 5 aliphatic rings. The number of carbonyl (C=O) groups is 3. The van der Waals surface area contributed by atoms with E-state index < -0.39 is 54.0 Å². The van der Waals surface area contributed by atoms with Crippen LogP contribution < -0.4 is 5.32 Å². The Bertz CT molecular complexity index is 820. The Hall–Kier alpha value is -1.75. The second-order valence-corrected chi connectivity index (χ2v) is 10.5. The Balaban J connectivity index is 1.34. The van der Waals surface area contributed by atoms with Gasteiger partial charge in [-0.3, -0.25) is 4.79 Å². The number of rotatable bonds is 5. The van der Waals surface area contributed by atoms with Gasteiger partial charge in [-0.05, 0) is 32.6 Å². The van der Waals surface area contributed by atoms with E-state index in [1.165, 1.54) is 6.92 Å². The third kappa shape index (κ3) is 4.95. The third-order valence-electron chi connectivity index (χ3n) is 7.87. The minimum Gasteiger partial charge on any atom is -0.464 e. The lowest BCUT2D eigenvalue weighted by Crippen LogP contribution is -2.49. The summed E-state index contributed by atoms with van der Waals surface area (Å²) in [5, 5.41) is 2.88. The molecule has 0 unspecified atom stereocenters. The van der Waals surface area contributed by atoms with Crippen molar-refractivity contribution in [2.75, 3.05) is 6.61 Å². The van der Waals surface area contributed by atoms with Crippen molar-refractivity contribution in [3.8, 4) is 0 Å². The van der Waals surface area contributed by atoms with Crippen LogP contribution in [-0.2, 0) is 42.8 Å². The van der Waals surface area contributed by atoms with Crippen molar-refractivity contribution >= 4 is 17.8 Å². The Morgan fingerprint density at radius 3 is 1.97 bits per heavy atom. The summed E-state index contributed by atoms with van der Waals surface area (Å²) in [4.78, 5) is 38.1. The van der Waals surface area contributed by atoms with Crippen LogP contribution in [0.4, 0.5) is 0 Å². The molecule has 1 amide bonds. The molecule has 2 heterocycles. The van der Waals surface area contributed by atoms with Crippen LogP contribution in [-0.4, -0.2) is 72.6 Å². The fraction of sp³-hybridized carbons (Fsp3) is 0.880. The lowest BCUT2D eigenvalue weighted by Gasteiger charge is -2.34.